The number of carbonyl (C=O) groups is 1. The zero-order valence-corrected chi connectivity index (χ0v) is 21.8. The summed E-state index contributed by atoms with van der Waals surface area (Å²) >= 11 is 7.12. The molecule has 4 aromatic rings. The van der Waals surface area contributed by atoms with Gasteiger partial charge in [-0.05, 0) is 84.9 Å². The lowest BCUT2D eigenvalue weighted by Crippen LogP contribution is -2.18. The van der Waals surface area contributed by atoms with Crippen LogP contribution in [-0.4, -0.2) is 19.2 Å². The fourth-order valence-electron chi connectivity index (χ4n) is 3.42. The van der Waals surface area contributed by atoms with Crippen LogP contribution < -0.4 is 14.9 Å². The second kappa shape index (κ2) is 10.8. The summed E-state index contributed by atoms with van der Waals surface area (Å²) in [7, 11) is 1.54. The summed E-state index contributed by atoms with van der Waals surface area (Å²) in [6.45, 7) is 2.51. The predicted octanol–water partition coefficient (Wildman–Crippen LogP) is 7.02. The molecule has 0 saturated heterocycles. The van der Waals surface area contributed by atoms with Gasteiger partial charge in [0, 0.05) is 0 Å². The van der Waals surface area contributed by atoms with Crippen molar-refractivity contribution in [2.45, 2.75) is 13.5 Å². The van der Waals surface area contributed by atoms with Gasteiger partial charge in [-0.15, -0.1) is 0 Å². The number of benzene rings is 4. The van der Waals surface area contributed by atoms with E-state index in [0.29, 0.717) is 23.7 Å². The summed E-state index contributed by atoms with van der Waals surface area (Å²) in [4.78, 5) is 12.7. The molecule has 1 amide bonds. The molecular weight excluding hydrogens is 560 g/mol. The third-order valence-corrected chi connectivity index (χ3v) is 6.39. The molecule has 0 aliphatic heterocycles. The number of nitrogens with one attached hydrogen (secondary N) is 1. The molecule has 172 valence electrons. The minimum atomic E-state index is -0.352. The van der Waals surface area contributed by atoms with Crippen molar-refractivity contribution < 1.29 is 14.3 Å². The van der Waals surface area contributed by atoms with Crippen LogP contribution >= 0.6 is 31.9 Å². The van der Waals surface area contributed by atoms with Gasteiger partial charge in [-0.1, -0.05) is 54.1 Å². The van der Waals surface area contributed by atoms with Crippen molar-refractivity contribution in [2.75, 3.05) is 7.11 Å². The first-order valence-electron chi connectivity index (χ1n) is 10.5. The maximum Gasteiger partial charge on any atom is 0.275 e. The van der Waals surface area contributed by atoms with E-state index in [1.54, 1.807) is 19.4 Å². The van der Waals surface area contributed by atoms with Gasteiger partial charge in [0.25, 0.3) is 5.91 Å². The summed E-state index contributed by atoms with van der Waals surface area (Å²) in [5.41, 5.74) is 6.08. The van der Waals surface area contributed by atoms with Crippen molar-refractivity contribution in [2.24, 2.45) is 5.10 Å². The Balaban J connectivity index is 1.45. The summed E-state index contributed by atoms with van der Waals surface area (Å²) in [5.74, 6) is 0.838. The van der Waals surface area contributed by atoms with E-state index in [9.17, 15) is 4.79 Å². The molecule has 0 saturated carbocycles. The SMILES string of the molecule is COc1cc2ccccc2cc1C(=O)N/N=C\c1cc(Br)c(OCc2ccc(C)cc2)c(Br)c1. The first-order valence-corrected chi connectivity index (χ1v) is 12.1. The maximum atomic E-state index is 12.7. The molecule has 0 bridgehead atoms. The number of halogens is 2. The van der Waals surface area contributed by atoms with Gasteiger partial charge in [0.1, 0.15) is 18.1 Å². The summed E-state index contributed by atoms with van der Waals surface area (Å²) in [6, 6.07) is 23.4. The fraction of sp³-hybridized carbons (Fsp3) is 0.111. The Hall–Kier alpha value is -3.16. The summed E-state index contributed by atoms with van der Waals surface area (Å²) in [6.07, 6.45) is 1.57. The summed E-state index contributed by atoms with van der Waals surface area (Å²) < 4.78 is 12.9. The van der Waals surface area contributed by atoms with E-state index in [4.69, 9.17) is 9.47 Å². The Kier molecular flexibility index (Phi) is 7.65. The molecule has 4 aromatic carbocycles. The molecule has 4 rings (SSSR count). The van der Waals surface area contributed by atoms with Crippen LogP contribution in [0, 0.1) is 6.92 Å². The summed E-state index contributed by atoms with van der Waals surface area (Å²) in [5, 5.41) is 6.07. The Labute approximate surface area is 215 Å². The number of ether oxygens (including phenoxy) is 2. The number of nitrogens with zero attached hydrogens (tertiary/aromatic N) is 1. The molecule has 0 aliphatic rings. The van der Waals surface area contributed by atoms with Gasteiger partial charge in [0.05, 0.1) is 27.8 Å². The minimum absolute atomic E-state index is 0.352. The van der Waals surface area contributed by atoms with Crippen molar-refractivity contribution >= 4 is 54.8 Å². The molecule has 0 fully saturated rings. The average Bonchev–Trinajstić information content (AvgIpc) is 2.83. The quantitative estimate of drug-likeness (QED) is 0.188. The normalized spacial score (nSPS) is 11.1. The van der Waals surface area contributed by atoms with Gasteiger partial charge in [-0.2, -0.15) is 5.10 Å². The minimum Gasteiger partial charge on any atom is -0.496 e. The molecule has 34 heavy (non-hydrogen) atoms. The number of hydrogen-bond acceptors (Lipinski definition) is 4. The molecule has 0 unspecified atom stereocenters. The number of carbonyl (C=O) groups excluding carboxylic acids is 1. The number of rotatable bonds is 7. The van der Waals surface area contributed by atoms with E-state index in [1.165, 1.54) is 5.56 Å². The fourth-order valence-corrected chi connectivity index (χ4v) is 4.87. The first-order chi connectivity index (χ1) is 16.4. The number of amides is 1. The van der Waals surface area contributed by atoms with Crippen LogP contribution in [0.3, 0.4) is 0 Å². The van der Waals surface area contributed by atoms with Gasteiger partial charge < -0.3 is 9.47 Å². The lowest BCUT2D eigenvalue weighted by molar-refractivity contribution is 0.0952. The van der Waals surface area contributed by atoms with Crippen LogP contribution in [-0.2, 0) is 6.61 Å². The van der Waals surface area contributed by atoms with E-state index in [2.05, 4.69) is 61.4 Å². The van der Waals surface area contributed by atoms with Gasteiger partial charge in [-0.25, -0.2) is 5.43 Å². The molecule has 0 aliphatic carbocycles. The molecule has 0 atom stereocenters. The van der Waals surface area contributed by atoms with Gasteiger partial charge in [0.2, 0.25) is 0 Å². The van der Waals surface area contributed by atoms with Crippen LogP contribution in [0.25, 0.3) is 10.8 Å². The van der Waals surface area contributed by atoms with Crippen LogP contribution in [0.5, 0.6) is 11.5 Å². The second-order valence-corrected chi connectivity index (χ2v) is 9.40. The number of aryl methyl sites for hydroxylation is 1. The van der Waals surface area contributed by atoms with E-state index in [1.807, 2.05) is 54.6 Å². The van der Waals surface area contributed by atoms with Gasteiger partial charge >= 0.3 is 0 Å². The Morgan fingerprint density at radius 2 is 1.62 bits per heavy atom. The van der Waals surface area contributed by atoms with Crippen LogP contribution in [0.15, 0.2) is 86.8 Å². The first kappa shape index (κ1) is 24.0. The standard InChI is InChI=1S/C27H22Br2N2O3/c1-17-7-9-18(10-8-17)16-34-26-23(28)11-19(12-24(26)29)15-30-31-27(32)22-13-20-5-3-4-6-21(20)14-25(22)33-2/h3-15H,16H2,1-2H3,(H,31,32)/b30-15-. The maximum absolute atomic E-state index is 12.7. The van der Waals surface area contributed by atoms with Gasteiger partial charge in [-0.3, -0.25) is 4.79 Å². The topological polar surface area (TPSA) is 59.9 Å². The second-order valence-electron chi connectivity index (χ2n) is 7.69. The van der Waals surface area contributed by atoms with Crippen molar-refractivity contribution in [1.82, 2.24) is 5.43 Å². The predicted molar refractivity (Wildman–Crippen MR) is 143 cm³/mol. The highest BCUT2D eigenvalue weighted by Crippen LogP contribution is 2.35. The third kappa shape index (κ3) is 5.66. The molecule has 0 radical (unpaired) electrons. The van der Waals surface area contributed by atoms with Crippen LogP contribution in [0.4, 0.5) is 0 Å². The van der Waals surface area contributed by atoms with Crippen LogP contribution in [0.1, 0.15) is 27.0 Å². The van der Waals surface area contributed by atoms with Crippen molar-refractivity contribution in [3.63, 3.8) is 0 Å². The zero-order chi connectivity index (χ0) is 24.1. The highest BCUT2D eigenvalue weighted by atomic mass is 79.9. The number of hydrazone groups is 1. The molecule has 7 heteroatoms. The lowest BCUT2D eigenvalue weighted by Gasteiger charge is -2.12. The van der Waals surface area contributed by atoms with Crippen LogP contribution in [0.2, 0.25) is 0 Å². The highest BCUT2D eigenvalue weighted by molar-refractivity contribution is 9.11. The number of fused-ring (bicyclic) bond motifs is 1. The van der Waals surface area contributed by atoms with E-state index >= 15 is 0 Å². The van der Waals surface area contributed by atoms with Crippen molar-refractivity contribution in [3.05, 3.63) is 104 Å². The van der Waals surface area contributed by atoms with E-state index < -0.39 is 0 Å². The zero-order valence-electron chi connectivity index (χ0n) is 18.6. The monoisotopic (exact) mass is 580 g/mol. The molecule has 1 N–H and O–H groups in total. The average molecular weight is 582 g/mol. The third-order valence-electron chi connectivity index (χ3n) is 5.22. The molecule has 0 heterocycles. The van der Waals surface area contributed by atoms with Gasteiger partial charge in [0.15, 0.2) is 0 Å². The molecular formula is C27H22Br2N2O3. The Bertz CT molecular complexity index is 1350. The smallest absolute Gasteiger partial charge is 0.275 e. The van der Waals surface area contributed by atoms with E-state index in [0.717, 1.165) is 30.8 Å². The van der Waals surface area contributed by atoms with Crippen molar-refractivity contribution in [1.29, 1.82) is 0 Å². The highest BCUT2D eigenvalue weighted by Gasteiger charge is 2.13. The molecule has 5 nitrogen and oxygen atoms in total. The number of hydrogen-bond donors (Lipinski definition) is 1. The molecule has 0 spiro atoms. The lowest BCUT2D eigenvalue weighted by atomic mass is 10.1. The largest absolute Gasteiger partial charge is 0.496 e. The Morgan fingerprint density at radius 1 is 0.971 bits per heavy atom. The van der Waals surface area contributed by atoms with Crippen molar-refractivity contribution in [3.8, 4) is 11.5 Å². The Morgan fingerprint density at radius 3 is 2.26 bits per heavy atom. The molecule has 0 aromatic heterocycles. The number of methoxy groups -OCH3 is 1. The van der Waals surface area contributed by atoms with E-state index in [-0.39, 0.29) is 5.91 Å².